The Labute approximate surface area is 257 Å². The molecule has 1 fully saturated rings. The average Bonchev–Trinajstić information content (AvgIpc) is 3.78. The Bertz CT molecular complexity index is 1710. The van der Waals surface area contributed by atoms with Gasteiger partial charge in [-0.1, -0.05) is 19.9 Å². The van der Waals surface area contributed by atoms with Crippen molar-refractivity contribution in [3.8, 4) is 21.8 Å². The second-order valence-corrected chi connectivity index (χ2v) is 12.2. The molecule has 2 N–H and O–H groups in total. The van der Waals surface area contributed by atoms with Crippen molar-refractivity contribution in [1.82, 2.24) is 34.8 Å². The summed E-state index contributed by atoms with van der Waals surface area (Å²) in [5.74, 6) is 0.210. The number of nitrogens with one attached hydrogen (secondary N) is 2. The minimum atomic E-state index is -0.419. The number of likely N-dealkylation sites (N-methyl/N-ethyl adjacent to an activating group) is 1. The van der Waals surface area contributed by atoms with Crippen LogP contribution in [-0.4, -0.2) is 79.5 Å². The molecule has 2 amide bonds. The van der Waals surface area contributed by atoms with E-state index in [4.69, 9.17) is 9.97 Å². The summed E-state index contributed by atoms with van der Waals surface area (Å²) in [6.45, 7) is 9.31. The number of anilines is 2. The maximum atomic E-state index is 13.6. The minimum absolute atomic E-state index is 0.148. The van der Waals surface area contributed by atoms with Gasteiger partial charge in [0.15, 0.2) is 10.8 Å². The van der Waals surface area contributed by atoms with Crippen molar-refractivity contribution in [2.24, 2.45) is 0 Å². The Balaban J connectivity index is 1.35. The summed E-state index contributed by atoms with van der Waals surface area (Å²) in [5, 5.41) is 14.9. The van der Waals surface area contributed by atoms with Crippen LogP contribution in [0.3, 0.4) is 0 Å². The van der Waals surface area contributed by atoms with Crippen LogP contribution in [0, 0.1) is 0 Å². The summed E-state index contributed by atoms with van der Waals surface area (Å²) in [6.07, 6.45) is 5.93. The van der Waals surface area contributed by atoms with Crippen LogP contribution in [0.15, 0.2) is 59.7 Å². The van der Waals surface area contributed by atoms with Crippen molar-refractivity contribution in [3.05, 3.63) is 65.2 Å². The highest BCUT2D eigenvalue weighted by Crippen LogP contribution is 2.32. The lowest BCUT2D eigenvalue weighted by Gasteiger charge is -2.40. The zero-order chi connectivity index (χ0) is 29.9. The molecule has 0 radical (unpaired) electrons. The second kappa shape index (κ2) is 12.6. The number of thiophene rings is 1. The number of carbonyl (C=O) groups is 2. The molecule has 0 bridgehead atoms. The fourth-order valence-electron chi connectivity index (χ4n) is 5.27. The molecule has 13 heteroatoms. The average molecular weight is 616 g/mol. The van der Waals surface area contributed by atoms with Gasteiger partial charge in [-0.05, 0) is 56.1 Å². The van der Waals surface area contributed by atoms with E-state index in [0.29, 0.717) is 52.9 Å². The van der Waals surface area contributed by atoms with Gasteiger partial charge in [0.25, 0.3) is 5.91 Å². The third-order valence-electron chi connectivity index (χ3n) is 7.77. The van der Waals surface area contributed by atoms with E-state index in [0.717, 1.165) is 23.7 Å². The highest BCUT2D eigenvalue weighted by atomic mass is 32.1. The van der Waals surface area contributed by atoms with Crippen LogP contribution in [0.5, 0.6) is 0 Å². The fourth-order valence-corrected chi connectivity index (χ4v) is 6.50. The molecule has 6 heterocycles. The number of fused-ring (bicyclic) bond motifs is 1. The SMILES string of the molecule is CCN(CC)[C@@H](C)CNC(=O)c1cc(-c2cnn3ccc(-c4cccs4)nc23)nc(N2CC[C@H]2C(=O)Nc2nccs2)c1. The quantitative estimate of drug-likeness (QED) is 0.220. The Kier molecular flexibility index (Phi) is 8.45. The number of rotatable bonds is 11. The molecule has 0 saturated carbocycles. The number of nitrogens with zero attached hydrogens (tertiary/aromatic N) is 7. The van der Waals surface area contributed by atoms with Gasteiger partial charge in [-0.2, -0.15) is 5.10 Å². The first kappa shape index (κ1) is 28.9. The minimum Gasteiger partial charge on any atom is -0.350 e. The van der Waals surface area contributed by atoms with Gasteiger partial charge in [-0.15, -0.1) is 22.7 Å². The third-order valence-corrected chi connectivity index (χ3v) is 9.35. The summed E-state index contributed by atoms with van der Waals surface area (Å²) in [7, 11) is 0. The molecule has 0 unspecified atom stereocenters. The monoisotopic (exact) mass is 615 g/mol. The van der Waals surface area contributed by atoms with E-state index >= 15 is 0 Å². The van der Waals surface area contributed by atoms with Crippen molar-refractivity contribution in [2.75, 3.05) is 36.4 Å². The van der Waals surface area contributed by atoms with Crippen molar-refractivity contribution in [2.45, 2.75) is 39.3 Å². The van der Waals surface area contributed by atoms with Gasteiger partial charge in [0, 0.05) is 42.5 Å². The lowest BCUT2D eigenvalue weighted by Crippen LogP contribution is -2.55. The van der Waals surface area contributed by atoms with Crippen LogP contribution in [0.2, 0.25) is 0 Å². The molecule has 1 aliphatic rings. The van der Waals surface area contributed by atoms with E-state index < -0.39 is 6.04 Å². The maximum Gasteiger partial charge on any atom is 0.251 e. The van der Waals surface area contributed by atoms with Gasteiger partial charge in [-0.3, -0.25) is 14.5 Å². The van der Waals surface area contributed by atoms with Gasteiger partial charge >= 0.3 is 0 Å². The Morgan fingerprint density at radius 1 is 1.12 bits per heavy atom. The highest BCUT2D eigenvalue weighted by Gasteiger charge is 2.36. The molecule has 1 saturated heterocycles. The Morgan fingerprint density at radius 2 is 1.98 bits per heavy atom. The van der Waals surface area contributed by atoms with Crippen LogP contribution >= 0.6 is 22.7 Å². The number of amides is 2. The number of hydrogen-bond acceptors (Lipinski definition) is 10. The molecule has 2 atom stereocenters. The molecule has 0 aromatic carbocycles. The molecular weight excluding hydrogens is 583 g/mol. The van der Waals surface area contributed by atoms with E-state index in [1.165, 1.54) is 11.3 Å². The predicted octanol–water partition coefficient (Wildman–Crippen LogP) is 4.65. The topological polar surface area (TPSA) is 121 Å². The molecule has 43 heavy (non-hydrogen) atoms. The molecular formula is C30H33N9O2S2. The lowest BCUT2D eigenvalue weighted by atomic mass is 10.0. The molecule has 11 nitrogen and oxygen atoms in total. The van der Waals surface area contributed by atoms with E-state index in [2.05, 4.69) is 46.4 Å². The zero-order valence-corrected chi connectivity index (χ0v) is 25.9. The van der Waals surface area contributed by atoms with Crippen molar-refractivity contribution in [1.29, 1.82) is 0 Å². The Hall–Kier alpha value is -4.20. The third kappa shape index (κ3) is 6.01. The summed E-state index contributed by atoms with van der Waals surface area (Å²) in [4.78, 5) is 46.0. The van der Waals surface area contributed by atoms with Crippen molar-refractivity contribution < 1.29 is 9.59 Å². The van der Waals surface area contributed by atoms with Crippen LogP contribution in [0.25, 0.3) is 27.5 Å². The summed E-state index contributed by atoms with van der Waals surface area (Å²) in [5.41, 5.74) is 3.21. The molecule has 5 aromatic rings. The zero-order valence-electron chi connectivity index (χ0n) is 24.2. The molecule has 222 valence electrons. The first-order valence-corrected chi connectivity index (χ1v) is 16.1. The smallest absolute Gasteiger partial charge is 0.251 e. The first-order chi connectivity index (χ1) is 20.9. The van der Waals surface area contributed by atoms with Crippen LogP contribution in [0.1, 0.15) is 37.6 Å². The van der Waals surface area contributed by atoms with Crippen molar-refractivity contribution in [3.63, 3.8) is 0 Å². The molecule has 1 aliphatic heterocycles. The first-order valence-electron chi connectivity index (χ1n) is 14.3. The largest absolute Gasteiger partial charge is 0.350 e. The van der Waals surface area contributed by atoms with E-state index in [9.17, 15) is 9.59 Å². The number of thiazole rings is 1. The summed E-state index contributed by atoms with van der Waals surface area (Å²) < 4.78 is 1.71. The van der Waals surface area contributed by atoms with Gasteiger partial charge in [0.1, 0.15) is 11.9 Å². The van der Waals surface area contributed by atoms with Crippen LogP contribution in [0.4, 0.5) is 10.9 Å². The van der Waals surface area contributed by atoms with E-state index in [-0.39, 0.29) is 17.9 Å². The molecule has 0 spiro atoms. The highest BCUT2D eigenvalue weighted by molar-refractivity contribution is 7.14. The van der Waals surface area contributed by atoms with Crippen LogP contribution < -0.4 is 15.5 Å². The summed E-state index contributed by atoms with van der Waals surface area (Å²) in [6, 6.07) is 9.27. The molecule has 6 rings (SSSR count). The number of carbonyl (C=O) groups excluding carboxylic acids is 2. The number of hydrogen-bond donors (Lipinski definition) is 2. The number of aromatic nitrogens is 5. The van der Waals surface area contributed by atoms with E-state index in [1.807, 2.05) is 40.1 Å². The molecule has 5 aromatic heterocycles. The van der Waals surface area contributed by atoms with Gasteiger partial charge in [0.2, 0.25) is 5.91 Å². The second-order valence-electron chi connectivity index (χ2n) is 10.3. The summed E-state index contributed by atoms with van der Waals surface area (Å²) >= 11 is 2.99. The predicted molar refractivity (Wildman–Crippen MR) is 171 cm³/mol. The van der Waals surface area contributed by atoms with Crippen molar-refractivity contribution >= 4 is 51.1 Å². The van der Waals surface area contributed by atoms with Gasteiger partial charge in [-0.25, -0.2) is 19.5 Å². The Morgan fingerprint density at radius 3 is 2.67 bits per heavy atom. The number of pyridine rings is 1. The molecule has 0 aliphatic carbocycles. The normalized spacial score (nSPS) is 15.4. The van der Waals surface area contributed by atoms with Gasteiger partial charge < -0.3 is 15.5 Å². The van der Waals surface area contributed by atoms with Crippen LogP contribution in [-0.2, 0) is 4.79 Å². The maximum absolute atomic E-state index is 13.6. The van der Waals surface area contributed by atoms with Gasteiger partial charge in [0.05, 0.1) is 28.0 Å². The standard InChI is InChI=1S/C30H33N9O2S2/c1-4-37(5-2)19(3)17-32-28(40)20-15-23(21-18-33-39-12-8-22(35-27(21)39)25-7-6-13-42-25)34-26(16-20)38-11-9-24(38)29(41)36-30-31-10-14-43-30/h6-8,10,12-16,18-19,24H,4-5,9,11,17H2,1-3H3,(H,32,40)(H,31,36,41)/t19-,24-/m0/s1. The lowest BCUT2D eigenvalue weighted by molar-refractivity contribution is -0.118. The fraction of sp³-hybridized carbons (Fsp3) is 0.333. The van der Waals surface area contributed by atoms with E-state index in [1.54, 1.807) is 40.4 Å².